The van der Waals surface area contributed by atoms with Crippen LogP contribution in [0, 0.1) is 6.92 Å². The summed E-state index contributed by atoms with van der Waals surface area (Å²) in [4.78, 5) is 31.3. The van der Waals surface area contributed by atoms with Crippen LogP contribution in [0.4, 0.5) is 0 Å². The van der Waals surface area contributed by atoms with Gasteiger partial charge in [-0.1, -0.05) is 42.5 Å². The summed E-state index contributed by atoms with van der Waals surface area (Å²) in [5.41, 5.74) is 3.15. The predicted octanol–water partition coefficient (Wildman–Crippen LogP) is 5.07. The molecule has 0 bridgehead atoms. The third-order valence-electron chi connectivity index (χ3n) is 5.64. The Balaban J connectivity index is 1.74. The van der Waals surface area contributed by atoms with Crippen molar-refractivity contribution in [1.82, 2.24) is 9.80 Å². The monoisotopic (exact) mass is 464 g/mol. The number of hydrogen-bond acceptors (Lipinski definition) is 4. The quantitative estimate of drug-likeness (QED) is 0.421. The van der Waals surface area contributed by atoms with Gasteiger partial charge >= 0.3 is 0 Å². The lowest BCUT2D eigenvalue weighted by Gasteiger charge is -2.30. The molecular weight excluding hydrogens is 432 g/mol. The Hall–Kier alpha value is -3.12. The van der Waals surface area contributed by atoms with Crippen LogP contribution in [0.5, 0.6) is 5.75 Å². The van der Waals surface area contributed by atoms with E-state index in [9.17, 15) is 9.59 Å². The fourth-order valence-corrected chi connectivity index (χ4v) is 4.52. The zero-order chi connectivity index (χ0) is 23.8. The molecule has 3 aromatic rings. The number of carbonyl (C=O) groups is 2. The van der Waals surface area contributed by atoms with Gasteiger partial charge in [0, 0.05) is 17.5 Å². The molecular formula is C27H32N2O3S. The summed E-state index contributed by atoms with van der Waals surface area (Å²) in [6.45, 7) is 7.07. The van der Waals surface area contributed by atoms with Crippen LogP contribution in [0.2, 0.25) is 0 Å². The molecule has 0 aliphatic heterocycles. The van der Waals surface area contributed by atoms with Gasteiger partial charge in [-0.3, -0.25) is 9.59 Å². The van der Waals surface area contributed by atoms with Gasteiger partial charge in [-0.05, 0) is 61.0 Å². The minimum absolute atomic E-state index is 0.0524. The van der Waals surface area contributed by atoms with E-state index in [4.69, 9.17) is 4.74 Å². The molecule has 33 heavy (non-hydrogen) atoms. The molecule has 0 spiro atoms. The standard InChI is InChI=1S/C27H32N2O3S/c1-20(2)29(26(30)16-22-10-12-24(32-4)13-11-22)19-27(31)28(17-23-8-6-5-7-9-23)18-25-21(3)14-15-33-25/h5-15,20H,16-19H2,1-4H3. The van der Waals surface area contributed by atoms with Crippen molar-refractivity contribution in [3.63, 3.8) is 0 Å². The summed E-state index contributed by atoms with van der Waals surface area (Å²) in [6.07, 6.45) is 0.248. The molecule has 0 atom stereocenters. The number of thiophene rings is 1. The number of hydrogen-bond donors (Lipinski definition) is 0. The van der Waals surface area contributed by atoms with E-state index in [-0.39, 0.29) is 30.8 Å². The van der Waals surface area contributed by atoms with Crippen molar-refractivity contribution in [3.05, 3.63) is 87.6 Å². The Morgan fingerprint density at radius 1 is 0.909 bits per heavy atom. The largest absolute Gasteiger partial charge is 0.497 e. The Labute approximate surface area is 200 Å². The molecule has 0 saturated heterocycles. The van der Waals surface area contributed by atoms with Gasteiger partial charge < -0.3 is 14.5 Å². The first-order chi connectivity index (χ1) is 15.9. The lowest BCUT2D eigenvalue weighted by molar-refractivity contribution is -0.142. The maximum absolute atomic E-state index is 13.5. The topological polar surface area (TPSA) is 49.9 Å². The van der Waals surface area contributed by atoms with Gasteiger partial charge in [0.1, 0.15) is 12.3 Å². The van der Waals surface area contributed by atoms with Crippen molar-refractivity contribution in [3.8, 4) is 5.75 Å². The van der Waals surface area contributed by atoms with Crippen molar-refractivity contribution in [1.29, 1.82) is 0 Å². The molecule has 0 N–H and O–H groups in total. The molecule has 0 unspecified atom stereocenters. The number of ether oxygens (including phenoxy) is 1. The van der Waals surface area contributed by atoms with Crippen LogP contribution < -0.4 is 4.74 Å². The van der Waals surface area contributed by atoms with Crippen LogP contribution in [-0.4, -0.2) is 41.3 Å². The molecule has 5 nitrogen and oxygen atoms in total. The lowest BCUT2D eigenvalue weighted by atomic mass is 10.1. The predicted molar refractivity (Wildman–Crippen MR) is 133 cm³/mol. The SMILES string of the molecule is COc1ccc(CC(=O)N(CC(=O)N(Cc2ccccc2)Cc2sccc2C)C(C)C)cc1. The summed E-state index contributed by atoms with van der Waals surface area (Å²) >= 11 is 1.66. The number of methoxy groups -OCH3 is 1. The maximum Gasteiger partial charge on any atom is 0.242 e. The van der Waals surface area contributed by atoms with E-state index in [0.717, 1.165) is 16.9 Å². The van der Waals surface area contributed by atoms with Crippen LogP contribution in [-0.2, 0) is 29.1 Å². The first-order valence-corrected chi connectivity index (χ1v) is 12.0. The molecule has 2 aromatic carbocycles. The van der Waals surface area contributed by atoms with Crippen molar-refractivity contribution in [2.24, 2.45) is 0 Å². The van der Waals surface area contributed by atoms with Crippen molar-refractivity contribution in [2.45, 2.75) is 46.3 Å². The molecule has 0 saturated carbocycles. The Bertz CT molecular complexity index is 1040. The molecule has 1 aromatic heterocycles. The average molecular weight is 465 g/mol. The maximum atomic E-state index is 13.5. The number of benzene rings is 2. The van der Waals surface area contributed by atoms with Gasteiger partial charge in [0.2, 0.25) is 11.8 Å². The van der Waals surface area contributed by atoms with Crippen molar-refractivity contribution in [2.75, 3.05) is 13.7 Å². The molecule has 0 aliphatic carbocycles. The van der Waals surface area contributed by atoms with E-state index < -0.39 is 0 Å². The van der Waals surface area contributed by atoms with Gasteiger partial charge in [-0.25, -0.2) is 0 Å². The van der Waals surface area contributed by atoms with Crippen molar-refractivity contribution < 1.29 is 14.3 Å². The Morgan fingerprint density at radius 3 is 2.18 bits per heavy atom. The molecule has 0 radical (unpaired) electrons. The Morgan fingerprint density at radius 2 is 1.61 bits per heavy atom. The molecule has 1 heterocycles. The number of carbonyl (C=O) groups excluding carboxylic acids is 2. The second kappa shape index (κ2) is 11.7. The molecule has 0 aliphatic rings. The van der Waals surface area contributed by atoms with Crippen LogP contribution in [0.3, 0.4) is 0 Å². The van der Waals surface area contributed by atoms with E-state index >= 15 is 0 Å². The van der Waals surface area contributed by atoms with Gasteiger partial charge in [0.05, 0.1) is 20.1 Å². The molecule has 6 heteroatoms. The average Bonchev–Trinajstić information content (AvgIpc) is 3.22. The summed E-state index contributed by atoms with van der Waals surface area (Å²) < 4.78 is 5.19. The third-order valence-corrected chi connectivity index (χ3v) is 6.64. The number of nitrogens with zero attached hydrogens (tertiary/aromatic N) is 2. The third kappa shape index (κ3) is 6.93. The first kappa shape index (κ1) is 24.5. The fourth-order valence-electron chi connectivity index (χ4n) is 3.60. The molecule has 3 rings (SSSR count). The van der Waals surface area contributed by atoms with Gasteiger partial charge in [-0.15, -0.1) is 11.3 Å². The summed E-state index contributed by atoms with van der Waals surface area (Å²) in [7, 11) is 1.62. The second-order valence-electron chi connectivity index (χ2n) is 8.40. The smallest absolute Gasteiger partial charge is 0.242 e. The van der Waals surface area contributed by atoms with E-state index in [1.165, 1.54) is 10.4 Å². The molecule has 0 fully saturated rings. The Kier molecular flexibility index (Phi) is 8.66. The van der Waals surface area contributed by atoms with Gasteiger partial charge in [0.15, 0.2) is 0 Å². The lowest BCUT2D eigenvalue weighted by Crippen LogP contribution is -2.46. The zero-order valence-electron chi connectivity index (χ0n) is 19.8. The first-order valence-electron chi connectivity index (χ1n) is 11.1. The summed E-state index contributed by atoms with van der Waals surface area (Å²) in [6, 6.07) is 19.4. The number of aryl methyl sites for hydroxylation is 1. The van der Waals surface area contributed by atoms with E-state index in [2.05, 4.69) is 18.4 Å². The summed E-state index contributed by atoms with van der Waals surface area (Å²) in [5, 5.41) is 2.05. The normalized spacial score (nSPS) is 10.8. The van der Waals surface area contributed by atoms with Crippen molar-refractivity contribution >= 4 is 23.2 Å². The number of amides is 2. The second-order valence-corrected chi connectivity index (χ2v) is 9.40. The minimum Gasteiger partial charge on any atom is -0.497 e. The fraction of sp³-hybridized carbons (Fsp3) is 0.333. The van der Waals surface area contributed by atoms with Gasteiger partial charge in [-0.2, -0.15) is 0 Å². The summed E-state index contributed by atoms with van der Waals surface area (Å²) in [5.74, 6) is 0.640. The highest BCUT2D eigenvalue weighted by Gasteiger charge is 2.24. The highest BCUT2D eigenvalue weighted by atomic mass is 32.1. The highest BCUT2D eigenvalue weighted by molar-refractivity contribution is 7.10. The molecule has 2 amide bonds. The zero-order valence-corrected chi connectivity index (χ0v) is 20.6. The molecule has 174 valence electrons. The van der Waals surface area contributed by atoms with E-state index in [1.807, 2.05) is 73.3 Å². The van der Waals surface area contributed by atoms with E-state index in [0.29, 0.717) is 13.1 Å². The van der Waals surface area contributed by atoms with Crippen LogP contribution >= 0.6 is 11.3 Å². The van der Waals surface area contributed by atoms with Crippen LogP contribution in [0.15, 0.2) is 66.0 Å². The van der Waals surface area contributed by atoms with Gasteiger partial charge in [0.25, 0.3) is 0 Å². The van der Waals surface area contributed by atoms with E-state index in [1.54, 1.807) is 23.3 Å². The number of rotatable bonds is 10. The van der Waals surface area contributed by atoms with Crippen LogP contribution in [0.25, 0.3) is 0 Å². The minimum atomic E-state index is -0.0817. The highest BCUT2D eigenvalue weighted by Crippen LogP contribution is 2.20. The van der Waals surface area contributed by atoms with Crippen LogP contribution in [0.1, 0.15) is 35.4 Å².